The van der Waals surface area contributed by atoms with Crippen molar-refractivity contribution in [2.45, 2.75) is 45.4 Å². The molecule has 0 saturated heterocycles. The Hall–Kier alpha value is -1.57. The molecule has 1 N–H and O–H groups in total. The third-order valence-corrected chi connectivity index (χ3v) is 4.04. The molecule has 0 aromatic heterocycles. The zero-order chi connectivity index (χ0) is 12.5. The molecule has 18 heavy (non-hydrogen) atoms. The quantitative estimate of drug-likeness (QED) is 0.792. The monoisotopic (exact) mass is 241 g/mol. The molecule has 1 aromatic carbocycles. The molecule has 3 rings (SSSR count). The van der Waals surface area contributed by atoms with E-state index >= 15 is 0 Å². The molecule has 0 spiro atoms. The minimum absolute atomic E-state index is 0.00639. The second-order valence-corrected chi connectivity index (χ2v) is 5.22. The molecule has 2 nitrogen and oxygen atoms in total. The van der Waals surface area contributed by atoms with Crippen LogP contribution < -0.4 is 5.32 Å². The lowest BCUT2D eigenvalue weighted by Crippen LogP contribution is -2.12. The third-order valence-electron chi connectivity index (χ3n) is 4.04. The predicted octanol–water partition coefficient (Wildman–Crippen LogP) is 3.18. The maximum Gasteiger partial charge on any atom is 0.248 e. The molecular formula is C16H19NO. The van der Waals surface area contributed by atoms with Crippen LogP contribution in [0.2, 0.25) is 0 Å². The van der Waals surface area contributed by atoms with Crippen LogP contribution in [0.15, 0.2) is 18.2 Å². The van der Waals surface area contributed by atoms with Gasteiger partial charge in [0.2, 0.25) is 5.91 Å². The highest BCUT2D eigenvalue weighted by Gasteiger charge is 2.24. The lowest BCUT2D eigenvalue weighted by Gasteiger charge is -2.15. The highest BCUT2D eigenvalue weighted by molar-refractivity contribution is 6.00. The van der Waals surface area contributed by atoms with Crippen molar-refractivity contribution >= 4 is 11.6 Å². The largest absolute Gasteiger partial charge is 0.322 e. The van der Waals surface area contributed by atoms with Crippen molar-refractivity contribution in [1.29, 1.82) is 0 Å². The topological polar surface area (TPSA) is 29.1 Å². The number of carbonyl (C=O) groups is 1. The number of aryl methyl sites for hydroxylation is 2. The van der Waals surface area contributed by atoms with Gasteiger partial charge in [-0.05, 0) is 73.8 Å². The van der Waals surface area contributed by atoms with Crippen molar-refractivity contribution in [2.75, 3.05) is 5.32 Å². The number of fused-ring (bicyclic) bond motifs is 2. The lowest BCUT2D eigenvalue weighted by molar-refractivity contribution is -0.111. The maximum absolute atomic E-state index is 11.8. The zero-order valence-corrected chi connectivity index (χ0v) is 10.9. The normalized spacial score (nSPS) is 16.9. The van der Waals surface area contributed by atoms with Crippen molar-refractivity contribution in [3.8, 4) is 0 Å². The fourth-order valence-corrected chi connectivity index (χ4v) is 3.28. The molecule has 1 amide bonds. The summed E-state index contributed by atoms with van der Waals surface area (Å²) >= 11 is 0. The molecule has 0 saturated carbocycles. The molecular weight excluding hydrogens is 222 g/mol. The van der Waals surface area contributed by atoms with Crippen LogP contribution in [0.3, 0.4) is 0 Å². The molecule has 94 valence electrons. The van der Waals surface area contributed by atoms with E-state index in [0.29, 0.717) is 0 Å². The summed E-state index contributed by atoms with van der Waals surface area (Å²) in [7, 11) is 0. The van der Waals surface area contributed by atoms with Crippen LogP contribution in [-0.2, 0) is 30.5 Å². The van der Waals surface area contributed by atoms with Gasteiger partial charge in [0.25, 0.3) is 0 Å². The number of hydrogen-bond donors (Lipinski definition) is 1. The van der Waals surface area contributed by atoms with Crippen molar-refractivity contribution in [1.82, 2.24) is 0 Å². The molecule has 0 fully saturated rings. The smallest absolute Gasteiger partial charge is 0.248 e. The summed E-state index contributed by atoms with van der Waals surface area (Å²) in [5, 5.41) is 3.12. The van der Waals surface area contributed by atoms with E-state index < -0.39 is 0 Å². The number of rotatable bonds is 2. The number of benzene rings is 1. The number of hydrogen-bond acceptors (Lipinski definition) is 1. The van der Waals surface area contributed by atoms with E-state index in [4.69, 9.17) is 0 Å². The number of carbonyl (C=O) groups excluding carboxylic acids is 1. The summed E-state index contributed by atoms with van der Waals surface area (Å²) in [6, 6.07) is 2.38. The summed E-state index contributed by atoms with van der Waals surface area (Å²) < 4.78 is 0. The fourth-order valence-electron chi connectivity index (χ4n) is 3.28. The van der Waals surface area contributed by atoms with Gasteiger partial charge in [0.05, 0.1) is 0 Å². The molecule has 2 aliphatic carbocycles. The second kappa shape index (κ2) is 4.60. The van der Waals surface area contributed by atoms with E-state index in [9.17, 15) is 4.79 Å². The Labute approximate surface area is 108 Å². The lowest BCUT2D eigenvalue weighted by atomic mass is 9.98. The van der Waals surface area contributed by atoms with E-state index in [2.05, 4.69) is 11.4 Å². The Balaban J connectivity index is 2.04. The molecule has 0 heterocycles. The summed E-state index contributed by atoms with van der Waals surface area (Å²) in [4.78, 5) is 11.8. The molecule has 0 radical (unpaired) electrons. The minimum atomic E-state index is 0.00639. The van der Waals surface area contributed by atoms with E-state index in [-0.39, 0.29) is 5.91 Å². The SMILES string of the molecule is C/C=C/C(=O)Nc1c2c(cc3c1CCC3)CCC2. The third kappa shape index (κ3) is 1.86. The number of anilines is 1. The van der Waals surface area contributed by atoms with Gasteiger partial charge < -0.3 is 5.32 Å². The van der Waals surface area contributed by atoms with Crippen LogP contribution >= 0.6 is 0 Å². The van der Waals surface area contributed by atoms with Crippen LogP contribution in [0, 0.1) is 0 Å². The van der Waals surface area contributed by atoms with Gasteiger partial charge in [-0.25, -0.2) is 0 Å². The van der Waals surface area contributed by atoms with Gasteiger partial charge in [-0.15, -0.1) is 0 Å². The van der Waals surface area contributed by atoms with E-state index in [1.54, 1.807) is 12.2 Å². The van der Waals surface area contributed by atoms with Crippen molar-refractivity contribution in [3.63, 3.8) is 0 Å². The van der Waals surface area contributed by atoms with Gasteiger partial charge >= 0.3 is 0 Å². The Morgan fingerprint density at radius 2 is 1.72 bits per heavy atom. The molecule has 2 heteroatoms. The highest BCUT2D eigenvalue weighted by Crippen LogP contribution is 2.38. The summed E-state index contributed by atoms with van der Waals surface area (Å²) in [5.74, 6) is 0.00639. The first-order valence-electron chi connectivity index (χ1n) is 6.90. The summed E-state index contributed by atoms with van der Waals surface area (Å²) in [5.41, 5.74) is 6.86. The highest BCUT2D eigenvalue weighted by atomic mass is 16.1. The predicted molar refractivity (Wildman–Crippen MR) is 73.9 cm³/mol. The minimum Gasteiger partial charge on any atom is -0.322 e. The zero-order valence-electron chi connectivity index (χ0n) is 10.9. The second-order valence-electron chi connectivity index (χ2n) is 5.22. The van der Waals surface area contributed by atoms with Crippen molar-refractivity contribution in [3.05, 3.63) is 40.5 Å². The average molecular weight is 241 g/mol. The van der Waals surface area contributed by atoms with E-state index in [1.165, 1.54) is 47.9 Å². The first-order valence-corrected chi connectivity index (χ1v) is 6.90. The Kier molecular flexibility index (Phi) is 2.94. The Morgan fingerprint density at radius 3 is 2.28 bits per heavy atom. The first kappa shape index (κ1) is 11.5. The first-order chi connectivity index (χ1) is 8.79. The standard InChI is InChI=1S/C16H19NO/c1-2-5-15(18)17-16-13-8-3-6-11(13)10-12-7-4-9-14(12)16/h2,5,10H,3-4,6-9H2,1H3,(H,17,18)/b5-2+. The van der Waals surface area contributed by atoms with E-state index in [0.717, 1.165) is 18.5 Å². The van der Waals surface area contributed by atoms with Crippen molar-refractivity contribution < 1.29 is 4.79 Å². The summed E-state index contributed by atoms with van der Waals surface area (Å²) in [6.45, 7) is 1.87. The molecule has 0 aliphatic heterocycles. The van der Waals surface area contributed by atoms with Crippen LogP contribution in [0.4, 0.5) is 5.69 Å². The van der Waals surface area contributed by atoms with Crippen LogP contribution in [0.5, 0.6) is 0 Å². The fraction of sp³-hybridized carbons (Fsp3) is 0.438. The number of nitrogens with one attached hydrogen (secondary N) is 1. The van der Waals surface area contributed by atoms with Gasteiger partial charge in [0, 0.05) is 5.69 Å². The molecule has 2 aliphatic rings. The van der Waals surface area contributed by atoms with Crippen LogP contribution in [0.1, 0.15) is 42.0 Å². The van der Waals surface area contributed by atoms with Gasteiger partial charge in [0.1, 0.15) is 0 Å². The van der Waals surface area contributed by atoms with E-state index in [1.807, 2.05) is 6.92 Å². The van der Waals surface area contributed by atoms with Crippen LogP contribution in [0.25, 0.3) is 0 Å². The van der Waals surface area contributed by atoms with Gasteiger partial charge in [-0.3, -0.25) is 4.79 Å². The Morgan fingerprint density at radius 1 is 1.11 bits per heavy atom. The molecule has 0 unspecified atom stereocenters. The molecule has 0 bridgehead atoms. The average Bonchev–Trinajstić information content (AvgIpc) is 2.96. The van der Waals surface area contributed by atoms with Gasteiger partial charge in [-0.1, -0.05) is 12.1 Å². The van der Waals surface area contributed by atoms with Crippen LogP contribution in [-0.4, -0.2) is 5.91 Å². The van der Waals surface area contributed by atoms with Crippen molar-refractivity contribution in [2.24, 2.45) is 0 Å². The Bertz CT molecular complexity index is 496. The summed E-state index contributed by atoms with van der Waals surface area (Å²) in [6.07, 6.45) is 10.4. The maximum atomic E-state index is 11.8. The molecule has 0 atom stereocenters. The molecule has 1 aromatic rings. The van der Waals surface area contributed by atoms with Gasteiger partial charge in [-0.2, -0.15) is 0 Å². The van der Waals surface area contributed by atoms with Gasteiger partial charge in [0.15, 0.2) is 0 Å². The number of amides is 1. The number of allylic oxidation sites excluding steroid dienone is 1.